The molecule has 4 nitrogen and oxygen atoms in total. The first kappa shape index (κ1) is 26.9. The van der Waals surface area contributed by atoms with Gasteiger partial charge in [0, 0.05) is 31.6 Å². The lowest BCUT2D eigenvalue weighted by atomic mass is 9.97. The molecule has 1 aliphatic heterocycles. The van der Waals surface area contributed by atoms with Crippen molar-refractivity contribution < 1.29 is 13.2 Å². The highest BCUT2D eigenvalue weighted by Crippen LogP contribution is 2.40. The lowest BCUT2D eigenvalue weighted by Crippen LogP contribution is -2.38. The molecule has 37 heavy (non-hydrogen) atoms. The van der Waals surface area contributed by atoms with Crippen molar-refractivity contribution in [2.24, 2.45) is 5.92 Å². The molecule has 0 saturated heterocycles. The average molecular weight is 529 g/mol. The summed E-state index contributed by atoms with van der Waals surface area (Å²) in [6, 6.07) is 7.63. The number of nitrogens with zero attached hydrogens (tertiary/aromatic N) is 4. The van der Waals surface area contributed by atoms with E-state index in [0.29, 0.717) is 36.5 Å². The van der Waals surface area contributed by atoms with Crippen molar-refractivity contribution in [2.75, 3.05) is 18.5 Å². The Morgan fingerprint density at radius 3 is 2.54 bits per heavy atom. The number of aromatic nitrogens is 2. The molecule has 196 valence electrons. The number of hydrogen-bond acceptors (Lipinski definition) is 3. The van der Waals surface area contributed by atoms with Gasteiger partial charge < -0.3 is 14.4 Å². The number of benzene rings is 1. The van der Waals surface area contributed by atoms with Gasteiger partial charge in [-0.1, -0.05) is 67.3 Å². The Bertz CT molecular complexity index is 1270. The zero-order valence-corrected chi connectivity index (χ0v) is 22.0. The molecule has 2 aromatic rings. The van der Waals surface area contributed by atoms with E-state index in [1.807, 2.05) is 54.1 Å². The summed E-state index contributed by atoms with van der Waals surface area (Å²) in [6.07, 6.45) is 2.00. The van der Waals surface area contributed by atoms with Crippen molar-refractivity contribution >= 4 is 23.1 Å². The van der Waals surface area contributed by atoms with E-state index in [-0.39, 0.29) is 5.92 Å². The Morgan fingerprint density at radius 2 is 1.89 bits per heavy atom. The molecule has 0 fully saturated rings. The zero-order valence-electron chi connectivity index (χ0n) is 21.3. The molecule has 1 atom stereocenters. The lowest BCUT2D eigenvalue weighted by Gasteiger charge is -2.38. The Kier molecular flexibility index (Phi) is 7.74. The van der Waals surface area contributed by atoms with Gasteiger partial charge >= 0.3 is 6.18 Å². The second-order valence-electron chi connectivity index (χ2n) is 9.86. The summed E-state index contributed by atoms with van der Waals surface area (Å²) >= 11 is 6.11. The minimum Gasteiger partial charge on any atom is -0.330 e. The second kappa shape index (κ2) is 10.7. The molecule has 8 heteroatoms. The van der Waals surface area contributed by atoms with Crippen LogP contribution in [0.15, 0.2) is 79.2 Å². The monoisotopic (exact) mass is 528 g/mol. The number of alkyl halides is 3. The molecule has 0 spiro atoms. The van der Waals surface area contributed by atoms with E-state index in [0.717, 1.165) is 46.4 Å². The van der Waals surface area contributed by atoms with Crippen molar-refractivity contribution in [3.63, 3.8) is 0 Å². The molecule has 4 rings (SSSR count). The molecule has 0 N–H and O–H groups in total. The van der Waals surface area contributed by atoms with Crippen LogP contribution in [0.1, 0.15) is 43.3 Å². The van der Waals surface area contributed by atoms with Crippen LogP contribution in [0.4, 0.5) is 19.0 Å². The van der Waals surface area contributed by atoms with E-state index in [9.17, 15) is 13.2 Å². The fourth-order valence-corrected chi connectivity index (χ4v) is 4.97. The van der Waals surface area contributed by atoms with Crippen molar-refractivity contribution in [2.45, 2.75) is 45.3 Å². The SMILES string of the molecule is C=C(C)CN1C(=C)N(C)C(=C)c2c1nc(CC1C=C(CC(F)(F)F)C=CCC1)n2Cc1ccc(Cl)cc1. The van der Waals surface area contributed by atoms with E-state index < -0.39 is 12.6 Å². The largest absolute Gasteiger partial charge is 0.393 e. The van der Waals surface area contributed by atoms with Crippen LogP contribution in [0, 0.1) is 5.92 Å². The van der Waals surface area contributed by atoms with Gasteiger partial charge in [0.15, 0.2) is 5.82 Å². The molecule has 0 amide bonds. The predicted molar refractivity (Wildman–Crippen MR) is 145 cm³/mol. The van der Waals surface area contributed by atoms with E-state index in [1.54, 1.807) is 12.2 Å². The number of hydrogen-bond donors (Lipinski definition) is 0. The van der Waals surface area contributed by atoms with Gasteiger partial charge in [0.1, 0.15) is 17.3 Å². The highest BCUT2D eigenvalue weighted by molar-refractivity contribution is 6.30. The van der Waals surface area contributed by atoms with Gasteiger partial charge in [-0.25, -0.2) is 4.98 Å². The van der Waals surface area contributed by atoms with E-state index >= 15 is 0 Å². The molecular formula is C29H32ClF3N4. The number of halogens is 4. The van der Waals surface area contributed by atoms with Crippen LogP contribution >= 0.6 is 11.6 Å². The Balaban J connectivity index is 1.79. The van der Waals surface area contributed by atoms with Gasteiger partial charge in [-0.05, 0) is 49.0 Å². The van der Waals surface area contributed by atoms with Gasteiger partial charge in [0.05, 0.1) is 12.1 Å². The van der Waals surface area contributed by atoms with Gasteiger partial charge in [-0.15, -0.1) is 0 Å². The minimum atomic E-state index is -4.25. The smallest absolute Gasteiger partial charge is 0.330 e. The van der Waals surface area contributed by atoms with Gasteiger partial charge in [-0.2, -0.15) is 13.2 Å². The normalized spacial score (nSPS) is 18.1. The number of fused-ring (bicyclic) bond motifs is 1. The molecule has 1 unspecified atom stereocenters. The van der Waals surface area contributed by atoms with Crippen molar-refractivity contribution in [3.8, 4) is 0 Å². The number of anilines is 1. The fraction of sp³-hybridized carbons (Fsp3) is 0.345. The third kappa shape index (κ3) is 6.21. The number of imidazole rings is 1. The van der Waals surface area contributed by atoms with Crippen LogP contribution in [-0.4, -0.2) is 34.2 Å². The maximum Gasteiger partial charge on any atom is 0.393 e. The maximum absolute atomic E-state index is 13.1. The third-order valence-electron chi connectivity index (χ3n) is 6.68. The number of allylic oxidation sites excluding steroid dienone is 4. The zero-order chi connectivity index (χ0) is 26.9. The summed E-state index contributed by atoms with van der Waals surface area (Å²) in [5.41, 5.74) is 3.93. The summed E-state index contributed by atoms with van der Waals surface area (Å²) in [5, 5.41) is 0.651. The average Bonchev–Trinajstić information content (AvgIpc) is 3.00. The highest BCUT2D eigenvalue weighted by atomic mass is 35.5. The molecule has 1 aromatic carbocycles. The molecule has 0 radical (unpaired) electrons. The van der Waals surface area contributed by atoms with Gasteiger partial charge in [-0.3, -0.25) is 0 Å². The second-order valence-corrected chi connectivity index (χ2v) is 10.3. The van der Waals surface area contributed by atoms with Crippen molar-refractivity contribution in [1.29, 1.82) is 0 Å². The summed E-state index contributed by atoms with van der Waals surface area (Å²) in [6.45, 7) is 15.7. The topological polar surface area (TPSA) is 24.3 Å². The molecule has 2 heterocycles. The molecule has 1 aromatic heterocycles. The summed E-state index contributed by atoms with van der Waals surface area (Å²) in [7, 11) is 1.92. The first-order chi connectivity index (χ1) is 17.4. The van der Waals surface area contributed by atoms with Crippen LogP contribution in [0.5, 0.6) is 0 Å². The maximum atomic E-state index is 13.1. The first-order valence-electron chi connectivity index (χ1n) is 12.2. The molecule has 2 aliphatic rings. The van der Waals surface area contributed by atoms with Crippen LogP contribution < -0.4 is 4.90 Å². The van der Waals surface area contributed by atoms with Crippen molar-refractivity contribution in [3.05, 3.63) is 101 Å². The van der Waals surface area contributed by atoms with Crippen LogP contribution in [-0.2, 0) is 13.0 Å². The van der Waals surface area contributed by atoms with E-state index in [4.69, 9.17) is 16.6 Å². The summed E-state index contributed by atoms with van der Waals surface area (Å²) in [4.78, 5) is 9.02. The Hall–Kier alpha value is -3.19. The Labute approximate surface area is 221 Å². The van der Waals surface area contributed by atoms with E-state index in [1.165, 1.54) is 0 Å². The third-order valence-corrected chi connectivity index (χ3v) is 6.93. The summed E-state index contributed by atoms with van der Waals surface area (Å²) in [5.74, 6) is 2.20. The van der Waals surface area contributed by atoms with Gasteiger partial charge in [0.25, 0.3) is 0 Å². The lowest BCUT2D eigenvalue weighted by molar-refractivity contribution is -0.126. The van der Waals surface area contributed by atoms with Crippen LogP contribution in [0.25, 0.3) is 5.70 Å². The quantitative estimate of drug-likeness (QED) is 0.343. The molecular weight excluding hydrogens is 497 g/mol. The number of rotatable bonds is 7. The Morgan fingerprint density at radius 1 is 1.19 bits per heavy atom. The first-order valence-corrected chi connectivity index (χ1v) is 12.6. The standard InChI is InChI=1S/C29H32ClF3N4/c1-19(2)17-36-21(4)35(5)20(3)27-28(36)34-26(37(27)18-22-10-12-25(30)13-11-22)15-23-8-6-7-9-24(14-23)16-29(31,32)33/h7,9-14,23H,1,3-4,6,8,15-18H2,2,5H3. The highest BCUT2D eigenvalue weighted by Gasteiger charge is 2.34. The van der Waals surface area contributed by atoms with Gasteiger partial charge in [0.2, 0.25) is 0 Å². The van der Waals surface area contributed by atoms with Crippen LogP contribution in [0.3, 0.4) is 0 Å². The molecule has 1 aliphatic carbocycles. The predicted octanol–water partition coefficient (Wildman–Crippen LogP) is 7.74. The molecule has 0 saturated carbocycles. The van der Waals surface area contributed by atoms with Crippen molar-refractivity contribution in [1.82, 2.24) is 14.5 Å². The molecule has 0 bridgehead atoms. The van der Waals surface area contributed by atoms with Crippen LogP contribution in [0.2, 0.25) is 5.02 Å². The summed E-state index contributed by atoms with van der Waals surface area (Å²) < 4.78 is 41.6. The fourth-order valence-electron chi connectivity index (χ4n) is 4.84. The van der Waals surface area contributed by atoms with E-state index in [2.05, 4.69) is 24.3 Å². The minimum absolute atomic E-state index is 0.0797.